The number of nitrogens with two attached hydrogens (primary N) is 1. The van der Waals surface area contributed by atoms with E-state index in [1.165, 1.54) is 5.56 Å². The Morgan fingerprint density at radius 2 is 1.96 bits per heavy atom. The molecule has 0 aromatic heterocycles. The molecule has 3 N–H and O–H groups in total. The van der Waals surface area contributed by atoms with Crippen LogP contribution in [0.15, 0.2) is 48.5 Å². The second-order valence-electron chi connectivity index (χ2n) is 6.18. The fraction of sp³-hybridized carbons (Fsp3) is 0.250. The molecule has 124 valence electrons. The van der Waals surface area contributed by atoms with Crippen LogP contribution in [0, 0.1) is 0 Å². The fourth-order valence-electron chi connectivity index (χ4n) is 3.26. The highest BCUT2D eigenvalue weighted by atomic mass is 16.3. The Morgan fingerprint density at radius 3 is 2.67 bits per heavy atom. The van der Waals surface area contributed by atoms with Gasteiger partial charge in [0.2, 0.25) is 0 Å². The smallest absolute Gasteiger partial charge is 0.252 e. The van der Waals surface area contributed by atoms with Crippen molar-refractivity contribution in [2.75, 3.05) is 11.9 Å². The lowest BCUT2D eigenvalue weighted by Crippen LogP contribution is -2.33. The lowest BCUT2D eigenvalue weighted by molar-refractivity contribution is 0.0998. The first-order valence-electron chi connectivity index (χ1n) is 8.18. The number of carbonyl (C=O) groups excluding carboxylic acids is 1. The van der Waals surface area contributed by atoms with Gasteiger partial charge in [-0.2, -0.15) is 0 Å². The summed E-state index contributed by atoms with van der Waals surface area (Å²) in [7, 11) is 1.94. The molecule has 1 amide bonds. The van der Waals surface area contributed by atoms with Crippen LogP contribution >= 0.6 is 0 Å². The van der Waals surface area contributed by atoms with Crippen molar-refractivity contribution in [2.24, 2.45) is 5.73 Å². The van der Waals surface area contributed by atoms with Crippen LogP contribution in [0.1, 0.15) is 34.3 Å². The predicted octanol–water partition coefficient (Wildman–Crippen LogP) is 3.35. The summed E-state index contributed by atoms with van der Waals surface area (Å²) in [5.41, 5.74) is 8.42. The number of carbonyl (C=O) groups is 1. The molecule has 0 spiro atoms. The number of likely N-dealkylation sites (N-methyl/N-ethyl adjacent to an activating group) is 1. The van der Waals surface area contributed by atoms with Gasteiger partial charge < -0.3 is 15.7 Å². The van der Waals surface area contributed by atoms with Gasteiger partial charge in [0.1, 0.15) is 0 Å². The summed E-state index contributed by atoms with van der Waals surface area (Å²) in [4.78, 5) is 13.5. The van der Waals surface area contributed by atoms with Gasteiger partial charge >= 0.3 is 0 Å². The Morgan fingerprint density at radius 1 is 1.21 bits per heavy atom. The van der Waals surface area contributed by atoms with Crippen LogP contribution in [0.4, 0.5) is 5.69 Å². The van der Waals surface area contributed by atoms with Crippen molar-refractivity contribution in [3.05, 3.63) is 65.2 Å². The number of rotatable bonds is 5. The van der Waals surface area contributed by atoms with Crippen LogP contribution in [-0.4, -0.2) is 24.1 Å². The zero-order valence-electron chi connectivity index (χ0n) is 13.8. The highest BCUT2D eigenvalue weighted by Gasteiger charge is 2.24. The molecule has 0 radical (unpaired) electrons. The van der Waals surface area contributed by atoms with Crippen LogP contribution in [0.5, 0.6) is 5.75 Å². The predicted molar refractivity (Wildman–Crippen MR) is 97.2 cm³/mol. The van der Waals surface area contributed by atoms with E-state index in [9.17, 15) is 9.90 Å². The van der Waals surface area contributed by atoms with E-state index in [2.05, 4.69) is 30.3 Å². The SMILES string of the molecule is CN1c2c(ccc(C(N)=O)c2O)C=CC1CCCc1ccccc1. The van der Waals surface area contributed by atoms with Gasteiger partial charge in [-0.1, -0.05) is 48.6 Å². The molecule has 1 aliphatic heterocycles. The van der Waals surface area contributed by atoms with Crippen LogP contribution in [0.25, 0.3) is 6.08 Å². The molecule has 0 aliphatic carbocycles. The van der Waals surface area contributed by atoms with Crippen LogP contribution in [-0.2, 0) is 6.42 Å². The van der Waals surface area contributed by atoms with Crippen LogP contribution in [0.3, 0.4) is 0 Å². The monoisotopic (exact) mass is 322 g/mol. The summed E-state index contributed by atoms with van der Waals surface area (Å²) in [5.74, 6) is -0.640. The Labute approximate surface area is 142 Å². The molecule has 0 bridgehead atoms. The number of phenols is 1. The van der Waals surface area contributed by atoms with Gasteiger partial charge in [-0.05, 0) is 30.9 Å². The maximum Gasteiger partial charge on any atom is 0.252 e. The Balaban J connectivity index is 1.73. The lowest BCUT2D eigenvalue weighted by Gasteiger charge is -2.33. The van der Waals surface area contributed by atoms with E-state index in [4.69, 9.17) is 5.73 Å². The zero-order valence-corrected chi connectivity index (χ0v) is 13.8. The first-order chi connectivity index (χ1) is 11.6. The number of anilines is 1. The third-order valence-electron chi connectivity index (χ3n) is 4.60. The maximum atomic E-state index is 11.5. The molecule has 1 aliphatic rings. The van der Waals surface area contributed by atoms with Gasteiger partial charge in [0.05, 0.1) is 11.3 Å². The minimum atomic E-state index is -0.612. The first-order valence-corrected chi connectivity index (χ1v) is 8.18. The average Bonchev–Trinajstić information content (AvgIpc) is 2.57. The summed E-state index contributed by atoms with van der Waals surface area (Å²) < 4.78 is 0. The van der Waals surface area contributed by atoms with Crippen LogP contribution < -0.4 is 10.6 Å². The van der Waals surface area contributed by atoms with E-state index in [1.54, 1.807) is 6.07 Å². The fourth-order valence-corrected chi connectivity index (χ4v) is 3.26. The Kier molecular flexibility index (Phi) is 4.56. The topological polar surface area (TPSA) is 66.6 Å². The third kappa shape index (κ3) is 3.13. The molecule has 1 atom stereocenters. The van der Waals surface area contributed by atoms with E-state index in [1.807, 2.05) is 30.2 Å². The number of aryl methyl sites for hydroxylation is 1. The molecule has 4 heteroatoms. The van der Waals surface area contributed by atoms with E-state index >= 15 is 0 Å². The molecule has 0 saturated carbocycles. The number of aromatic hydroxyl groups is 1. The quantitative estimate of drug-likeness (QED) is 0.887. The molecule has 0 fully saturated rings. The van der Waals surface area contributed by atoms with Gasteiger partial charge in [-0.15, -0.1) is 0 Å². The van der Waals surface area contributed by atoms with Gasteiger partial charge in [0.15, 0.2) is 5.75 Å². The molecule has 2 aromatic carbocycles. The molecule has 3 rings (SSSR count). The zero-order chi connectivity index (χ0) is 17.1. The lowest BCUT2D eigenvalue weighted by atomic mass is 9.96. The second-order valence-corrected chi connectivity index (χ2v) is 6.18. The molecule has 4 nitrogen and oxygen atoms in total. The number of hydrogen-bond donors (Lipinski definition) is 2. The normalized spacial score (nSPS) is 16.0. The molecular weight excluding hydrogens is 300 g/mol. The standard InChI is InChI=1S/C20H22N2O2/c1-22-16(9-5-8-14-6-3-2-4-7-14)12-10-15-11-13-17(20(21)24)19(23)18(15)22/h2-4,6-7,10-13,16,23H,5,8-9H2,1H3,(H2,21,24). The summed E-state index contributed by atoms with van der Waals surface area (Å²) in [6.45, 7) is 0. The van der Waals surface area contributed by atoms with E-state index in [-0.39, 0.29) is 17.4 Å². The number of hydrogen-bond acceptors (Lipinski definition) is 3. The van der Waals surface area contributed by atoms with Crippen molar-refractivity contribution in [3.8, 4) is 5.75 Å². The van der Waals surface area contributed by atoms with Crippen molar-refractivity contribution < 1.29 is 9.90 Å². The number of benzene rings is 2. The van der Waals surface area contributed by atoms with Crippen molar-refractivity contribution in [3.63, 3.8) is 0 Å². The van der Waals surface area contributed by atoms with Crippen molar-refractivity contribution in [1.29, 1.82) is 0 Å². The van der Waals surface area contributed by atoms with Crippen molar-refractivity contribution in [1.82, 2.24) is 0 Å². The molecule has 1 unspecified atom stereocenters. The molecule has 0 saturated heterocycles. The average molecular weight is 322 g/mol. The summed E-state index contributed by atoms with van der Waals surface area (Å²) >= 11 is 0. The van der Waals surface area contributed by atoms with E-state index < -0.39 is 5.91 Å². The Bertz CT molecular complexity index is 769. The molecule has 1 heterocycles. The maximum absolute atomic E-state index is 11.5. The number of nitrogens with zero attached hydrogens (tertiary/aromatic N) is 1. The largest absolute Gasteiger partial charge is 0.505 e. The second kappa shape index (κ2) is 6.79. The number of primary amides is 1. The molecular formula is C20H22N2O2. The molecule has 24 heavy (non-hydrogen) atoms. The van der Waals surface area contributed by atoms with Gasteiger partial charge in [-0.3, -0.25) is 4.79 Å². The van der Waals surface area contributed by atoms with Gasteiger partial charge in [-0.25, -0.2) is 0 Å². The van der Waals surface area contributed by atoms with Crippen molar-refractivity contribution in [2.45, 2.75) is 25.3 Å². The minimum absolute atomic E-state index is 0.0279. The highest BCUT2D eigenvalue weighted by Crippen LogP contribution is 2.39. The Hall–Kier alpha value is -2.75. The molecule has 2 aromatic rings. The summed E-state index contributed by atoms with van der Waals surface area (Å²) in [5, 5.41) is 10.4. The highest BCUT2D eigenvalue weighted by molar-refractivity contribution is 5.99. The first kappa shape index (κ1) is 16.1. The van der Waals surface area contributed by atoms with Crippen molar-refractivity contribution >= 4 is 17.7 Å². The number of amides is 1. The third-order valence-corrected chi connectivity index (χ3v) is 4.60. The summed E-state index contributed by atoms with van der Waals surface area (Å²) in [6.07, 6.45) is 7.21. The van der Waals surface area contributed by atoms with Gasteiger partial charge in [0, 0.05) is 18.7 Å². The van der Waals surface area contributed by atoms with Gasteiger partial charge in [0.25, 0.3) is 5.91 Å². The van der Waals surface area contributed by atoms with E-state index in [0.29, 0.717) is 5.69 Å². The van der Waals surface area contributed by atoms with E-state index in [0.717, 1.165) is 24.8 Å². The summed E-state index contributed by atoms with van der Waals surface area (Å²) in [6, 6.07) is 14.0. The minimum Gasteiger partial charge on any atom is -0.505 e. The van der Waals surface area contributed by atoms with Crippen LogP contribution in [0.2, 0.25) is 0 Å². The number of fused-ring (bicyclic) bond motifs is 1.